The minimum Gasteiger partial charge on any atom is -0.350 e. The second-order valence-corrected chi connectivity index (χ2v) is 6.90. The lowest BCUT2D eigenvalue weighted by molar-refractivity contribution is -0.144. The molecule has 3 rings (SSSR count). The molecular formula is C20H24N2O3. The molecule has 1 unspecified atom stereocenters. The van der Waals surface area contributed by atoms with Gasteiger partial charge in [0.15, 0.2) is 5.78 Å². The summed E-state index contributed by atoms with van der Waals surface area (Å²) in [6.07, 6.45) is 4.12. The molecule has 2 aromatic rings. The Morgan fingerprint density at radius 1 is 1.24 bits per heavy atom. The van der Waals surface area contributed by atoms with E-state index in [0.717, 1.165) is 12.8 Å². The molecule has 1 fully saturated rings. The second kappa shape index (κ2) is 7.21. The van der Waals surface area contributed by atoms with E-state index in [2.05, 4.69) is 22.9 Å². The predicted molar refractivity (Wildman–Crippen MR) is 96.2 cm³/mol. The van der Waals surface area contributed by atoms with Crippen LogP contribution in [0.4, 0.5) is 0 Å². The van der Waals surface area contributed by atoms with Crippen LogP contribution in [0.25, 0.3) is 10.9 Å². The lowest BCUT2D eigenvalue weighted by atomic mass is 9.90. The molecule has 1 aromatic carbocycles. The fourth-order valence-corrected chi connectivity index (χ4v) is 3.71. The highest BCUT2D eigenvalue weighted by Crippen LogP contribution is 2.23. The van der Waals surface area contributed by atoms with Crippen LogP contribution in [-0.2, 0) is 27.9 Å². The molecular weight excluding hydrogens is 316 g/mol. The van der Waals surface area contributed by atoms with Gasteiger partial charge in [0, 0.05) is 37.2 Å². The molecule has 1 saturated heterocycles. The van der Waals surface area contributed by atoms with E-state index in [1.54, 1.807) is 4.90 Å². The number of benzene rings is 1. The summed E-state index contributed by atoms with van der Waals surface area (Å²) in [5.41, 5.74) is 2.39. The molecule has 0 aliphatic carbocycles. The average molecular weight is 340 g/mol. The third-order valence-electron chi connectivity index (χ3n) is 4.97. The van der Waals surface area contributed by atoms with E-state index in [0.29, 0.717) is 19.5 Å². The summed E-state index contributed by atoms with van der Waals surface area (Å²) in [6.45, 7) is 2.69. The fraction of sp³-hybridized carbons (Fsp3) is 0.450. The van der Waals surface area contributed by atoms with Crippen molar-refractivity contribution >= 4 is 28.4 Å². The first kappa shape index (κ1) is 17.4. The van der Waals surface area contributed by atoms with Crippen molar-refractivity contribution in [2.45, 2.75) is 32.6 Å². The number of ketones is 2. The number of Topliss-reactive ketones (excluding diaryl/α,β-unsaturated/α-hetero) is 2. The maximum Gasteiger partial charge on any atom is 0.233 e. The minimum atomic E-state index is -0.634. The van der Waals surface area contributed by atoms with Gasteiger partial charge in [-0.15, -0.1) is 0 Å². The summed E-state index contributed by atoms with van der Waals surface area (Å²) in [5, 5.41) is 1.21. The molecule has 0 bridgehead atoms. The molecule has 5 nitrogen and oxygen atoms in total. The zero-order valence-corrected chi connectivity index (χ0v) is 14.8. The van der Waals surface area contributed by atoms with Crippen LogP contribution in [0.3, 0.4) is 0 Å². The lowest BCUT2D eigenvalue weighted by Gasteiger charge is -2.31. The van der Waals surface area contributed by atoms with Crippen molar-refractivity contribution in [3.05, 3.63) is 36.0 Å². The van der Waals surface area contributed by atoms with E-state index in [4.69, 9.17) is 0 Å². The van der Waals surface area contributed by atoms with Crippen molar-refractivity contribution in [3.63, 3.8) is 0 Å². The number of likely N-dealkylation sites (tertiary alicyclic amines) is 1. The van der Waals surface area contributed by atoms with Crippen LogP contribution in [0.15, 0.2) is 30.5 Å². The number of fused-ring (bicyclic) bond motifs is 1. The Kier molecular flexibility index (Phi) is 5.02. The molecule has 1 atom stereocenters. The van der Waals surface area contributed by atoms with Gasteiger partial charge >= 0.3 is 0 Å². The van der Waals surface area contributed by atoms with Crippen molar-refractivity contribution in [1.29, 1.82) is 0 Å². The highest BCUT2D eigenvalue weighted by Gasteiger charge is 2.33. The molecule has 2 heterocycles. The molecule has 0 N–H and O–H groups in total. The Balaban J connectivity index is 1.69. The highest BCUT2D eigenvalue weighted by molar-refractivity contribution is 6.08. The second-order valence-electron chi connectivity index (χ2n) is 6.90. The van der Waals surface area contributed by atoms with Gasteiger partial charge in [-0.1, -0.05) is 18.2 Å². The fourth-order valence-electron chi connectivity index (χ4n) is 3.71. The summed E-state index contributed by atoms with van der Waals surface area (Å²) in [4.78, 5) is 37.7. The van der Waals surface area contributed by atoms with Crippen molar-refractivity contribution < 1.29 is 14.4 Å². The van der Waals surface area contributed by atoms with Crippen molar-refractivity contribution in [2.75, 3.05) is 13.1 Å². The molecule has 5 heteroatoms. The van der Waals surface area contributed by atoms with E-state index in [1.165, 1.54) is 23.4 Å². The smallest absolute Gasteiger partial charge is 0.233 e. The van der Waals surface area contributed by atoms with E-state index in [9.17, 15) is 14.4 Å². The molecule has 25 heavy (non-hydrogen) atoms. The SMILES string of the molecule is CC(=O)CC(=O)C1CCCN(CCc2cn(C)c3ccccc23)C1=O. The summed E-state index contributed by atoms with van der Waals surface area (Å²) in [7, 11) is 2.02. The van der Waals surface area contributed by atoms with Gasteiger partial charge in [0.2, 0.25) is 5.91 Å². The normalized spacial score (nSPS) is 17.9. The number of carbonyl (C=O) groups excluding carboxylic acids is 3. The summed E-state index contributed by atoms with van der Waals surface area (Å²) >= 11 is 0. The Morgan fingerprint density at radius 3 is 2.76 bits per heavy atom. The van der Waals surface area contributed by atoms with Crippen molar-refractivity contribution in [2.24, 2.45) is 13.0 Å². The molecule has 1 aliphatic rings. The monoisotopic (exact) mass is 340 g/mol. The number of para-hydroxylation sites is 1. The van der Waals surface area contributed by atoms with E-state index in [-0.39, 0.29) is 23.9 Å². The van der Waals surface area contributed by atoms with Gasteiger partial charge in [0.1, 0.15) is 5.78 Å². The number of aryl methyl sites for hydroxylation is 1. The number of nitrogens with zero attached hydrogens (tertiary/aromatic N) is 2. The van der Waals surface area contributed by atoms with Crippen molar-refractivity contribution in [1.82, 2.24) is 9.47 Å². The number of hydrogen-bond donors (Lipinski definition) is 0. The quantitative estimate of drug-likeness (QED) is 0.759. The van der Waals surface area contributed by atoms with Crippen LogP contribution in [0.1, 0.15) is 31.7 Å². The van der Waals surface area contributed by atoms with Crippen molar-refractivity contribution in [3.8, 4) is 0 Å². The van der Waals surface area contributed by atoms with Gasteiger partial charge in [-0.25, -0.2) is 0 Å². The number of rotatable bonds is 6. The summed E-state index contributed by atoms with van der Waals surface area (Å²) in [6, 6.07) is 8.23. The Hall–Kier alpha value is -2.43. The number of piperidine rings is 1. The van der Waals surface area contributed by atoms with Gasteiger partial charge in [-0.3, -0.25) is 14.4 Å². The average Bonchev–Trinajstić information content (AvgIpc) is 2.90. The third kappa shape index (κ3) is 3.65. The van der Waals surface area contributed by atoms with Crippen LogP contribution in [0.5, 0.6) is 0 Å². The number of amides is 1. The largest absolute Gasteiger partial charge is 0.350 e. The standard InChI is InChI=1S/C20H24N2O3/c1-14(23)12-19(24)17-7-5-10-22(20(17)25)11-9-15-13-21(2)18-8-4-3-6-16(15)18/h3-4,6,8,13,17H,5,7,9-12H2,1-2H3. The first-order chi connectivity index (χ1) is 12.0. The number of hydrogen-bond acceptors (Lipinski definition) is 3. The first-order valence-electron chi connectivity index (χ1n) is 8.81. The molecule has 1 aromatic heterocycles. The van der Waals surface area contributed by atoms with Crippen LogP contribution >= 0.6 is 0 Å². The third-order valence-corrected chi connectivity index (χ3v) is 4.97. The Bertz CT molecular complexity index is 821. The van der Waals surface area contributed by atoms with Crippen LogP contribution in [0, 0.1) is 5.92 Å². The van der Waals surface area contributed by atoms with E-state index >= 15 is 0 Å². The molecule has 0 spiro atoms. The Morgan fingerprint density at radius 2 is 2.00 bits per heavy atom. The molecule has 0 radical (unpaired) electrons. The van der Waals surface area contributed by atoms with Crippen LogP contribution in [0.2, 0.25) is 0 Å². The van der Waals surface area contributed by atoms with Crippen LogP contribution < -0.4 is 0 Å². The molecule has 1 amide bonds. The van der Waals surface area contributed by atoms with Crippen LogP contribution in [-0.4, -0.2) is 40.0 Å². The van der Waals surface area contributed by atoms with Gasteiger partial charge in [-0.2, -0.15) is 0 Å². The van der Waals surface area contributed by atoms with Gasteiger partial charge in [0.25, 0.3) is 0 Å². The Labute approximate surface area is 147 Å². The zero-order chi connectivity index (χ0) is 18.0. The summed E-state index contributed by atoms with van der Waals surface area (Å²) < 4.78 is 2.10. The van der Waals surface area contributed by atoms with Gasteiger partial charge in [0.05, 0.1) is 12.3 Å². The number of carbonyl (C=O) groups is 3. The maximum absolute atomic E-state index is 12.6. The van der Waals surface area contributed by atoms with Gasteiger partial charge < -0.3 is 9.47 Å². The first-order valence-corrected chi connectivity index (χ1v) is 8.81. The number of aromatic nitrogens is 1. The lowest BCUT2D eigenvalue weighted by Crippen LogP contribution is -2.45. The topological polar surface area (TPSA) is 59.4 Å². The summed E-state index contributed by atoms with van der Waals surface area (Å²) in [5.74, 6) is -1.15. The van der Waals surface area contributed by atoms with E-state index < -0.39 is 5.92 Å². The molecule has 132 valence electrons. The maximum atomic E-state index is 12.6. The molecule has 0 saturated carbocycles. The van der Waals surface area contributed by atoms with E-state index in [1.807, 2.05) is 19.2 Å². The minimum absolute atomic E-state index is 0.113. The molecule has 1 aliphatic heterocycles. The zero-order valence-electron chi connectivity index (χ0n) is 14.8. The van der Waals surface area contributed by atoms with Gasteiger partial charge in [-0.05, 0) is 37.8 Å². The predicted octanol–water partition coefficient (Wildman–Crippen LogP) is 2.51. The highest BCUT2D eigenvalue weighted by atomic mass is 16.2.